The normalized spacial score (nSPS) is 15.1. The van der Waals surface area contributed by atoms with E-state index in [0.29, 0.717) is 33.9 Å². The van der Waals surface area contributed by atoms with Crippen molar-refractivity contribution in [1.82, 2.24) is 19.7 Å². The maximum atomic E-state index is 13.4. The van der Waals surface area contributed by atoms with E-state index < -0.39 is 6.04 Å². The molecule has 0 radical (unpaired) electrons. The highest BCUT2D eigenvalue weighted by Gasteiger charge is 2.34. The first-order valence-electron chi connectivity index (χ1n) is 10.1. The number of rotatable bonds is 4. The summed E-state index contributed by atoms with van der Waals surface area (Å²) in [7, 11) is 0. The lowest BCUT2D eigenvalue weighted by Gasteiger charge is -2.28. The molecule has 1 aliphatic heterocycles. The molecule has 0 bridgehead atoms. The molecular weight excluding hydrogens is 424 g/mol. The topological polar surface area (TPSA) is 84.7 Å². The average molecular weight is 443 g/mol. The number of fused-ring (bicyclic) bond motifs is 1. The molecule has 1 unspecified atom stereocenters. The van der Waals surface area contributed by atoms with E-state index in [1.54, 1.807) is 35.1 Å². The highest BCUT2D eigenvalue weighted by atomic mass is 35.5. The molecule has 5 rings (SSSR count). The zero-order valence-corrected chi connectivity index (χ0v) is 17.9. The van der Waals surface area contributed by atoms with Crippen LogP contribution in [0.3, 0.4) is 0 Å². The smallest absolute Gasteiger partial charge is 0.257 e. The van der Waals surface area contributed by atoms with Gasteiger partial charge in [-0.15, -0.1) is 5.10 Å². The molecule has 7 nitrogen and oxygen atoms in total. The van der Waals surface area contributed by atoms with Crippen LogP contribution >= 0.6 is 11.6 Å². The summed E-state index contributed by atoms with van der Waals surface area (Å²) in [5.41, 5.74) is 2.98. The molecule has 8 heteroatoms. The predicted octanol–water partition coefficient (Wildman–Crippen LogP) is 4.92. The number of pyridine rings is 1. The summed E-state index contributed by atoms with van der Waals surface area (Å²) in [6, 6.07) is 22.0. The number of carbonyl (C=O) groups is 1. The fourth-order valence-corrected chi connectivity index (χ4v) is 3.85. The fraction of sp³-hybridized carbons (Fsp3) is 0.0833. The summed E-state index contributed by atoms with van der Waals surface area (Å²) < 4.78 is 1.74. The van der Waals surface area contributed by atoms with Crippen LogP contribution in [0.25, 0.3) is 11.4 Å². The van der Waals surface area contributed by atoms with Crippen molar-refractivity contribution in [3.8, 4) is 11.4 Å². The summed E-state index contributed by atoms with van der Waals surface area (Å²) >= 11 is 6.12. The van der Waals surface area contributed by atoms with E-state index in [9.17, 15) is 4.79 Å². The van der Waals surface area contributed by atoms with Crippen LogP contribution in [0.2, 0.25) is 5.02 Å². The largest absolute Gasteiger partial charge is 0.328 e. The average Bonchev–Trinajstić information content (AvgIpc) is 3.23. The van der Waals surface area contributed by atoms with Crippen molar-refractivity contribution in [2.75, 3.05) is 10.6 Å². The zero-order chi connectivity index (χ0) is 22.1. The molecular formula is C24H19ClN6O. The summed E-state index contributed by atoms with van der Waals surface area (Å²) in [6.45, 7) is 1.86. The van der Waals surface area contributed by atoms with Crippen LogP contribution in [0.5, 0.6) is 0 Å². The molecule has 158 valence electrons. The molecule has 2 aromatic heterocycles. The monoisotopic (exact) mass is 442 g/mol. The number of aromatic nitrogens is 4. The number of allylic oxidation sites excluding steroid dienone is 1. The third kappa shape index (κ3) is 3.74. The number of benzene rings is 2. The molecule has 0 aliphatic carbocycles. The standard InChI is InChI=1S/C24H19ClN6O/c1-15-20(23(32)28-19-9-5-6-14-26-19)21(16-10-12-18(25)13-11-16)31-24(27-15)29-22(30-31)17-7-3-2-4-8-17/h2-14,21H,1H3,(H,26,28,32)(H,27,29,30). The van der Waals surface area contributed by atoms with E-state index in [0.717, 1.165) is 11.1 Å². The second-order valence-corrected chi connectivity index (χ2v) is 7.79. The van der Waals surface area contributed by atoms with Gasteiger partial charge < -0.3 is 10.6 Å². The number of hydrogen-bond donors (Lipinski definition) is 2. The third-order valence-corrected chi connectivity index (χ3v) is 5.47. The van der Waals surface area contributed by atoms with E-state index >= 15 is 0 Å². The molecule has 4 aromatic rings. The Morgan fingerprint density at radius 1 is 1.03 bits per heavy atom. The molecule has 3 heterocycles. The summed E-state index contributed by atoms with van der Waals surface area (Å²) in [5, 5.41) is 11.5. The minimum Gasteiger partial charge on any atom is -0.328 e. The quantitative estimate of drug-likeness (QED) is 0.468. The Bertz CT molecular complexity index is 1300. The van der Waals surface area contributed by atoms with Crippen LogP contribution in [-0.2, 0) is 4.79 Å². The SMILES string of the molecule is CC1=C(C(=O)Nc2ccccn2)C(c2ccc(Cl)cc2)n2nc(-c3ccccc3)nc2N1. The number of nitrogens with zero attached hydrogens (tertiary/aromatic N) is 4. The van der Waals surface area contributed by atoms with Gasteiger partial charge in [0, 0.05) is 22.5 Å². The Balaban J connectivity index is 1.60. The number of amides is 1. The van der Waals surface area contributed by atoms with Crippen LogP contribution in [0.4, 0.5) is 11.8 Å². The van der Waals surface area contributed by atoms with Crippen LogP contribution in [0, 0.1) is 0 Å². The highest BCUT2D eigenvalue weighted by Crippen LogP contribution is 2.37. The Kier molecular flexibility index (Phi) is 5.17. The third-order valence-electron chi connectivity index (χ3n) is 5.22. The Labute approximate surface area is 189 Å². The van der Waals surface area contributed by atoms with Crippen molar-refractivity contribution in [1.29, 1.82) is 0 Å². The minimum absolute atomic E-state index is 0.268. The molecule has 2 N–H and O–H groups in total. The lowest BCUT2D eigenvalue weighted by Crippen LogP contribution is -2.31. The van der Waals surface area contributed by atoms with Gasteiger partial charge in [0.05, 0.1) is 5.57 Å². The molecule has 0 saturated carbocycles. The zero-order valence-electron chi connectivity index (χ0n) is 17.2. The number of carbonyl (C=O) groups excluding carboxylic acids is 1. The van der Waals surface area contributed by atoms with Gasteiger partial charge in [-0.25, -0.2) is 9.67 Å². The predicted molar refractivity (Wildman–Crippen MR) is 124 cm³/mol. The second kappa shape index (κ2) is 8.28. The maximum absolute atomic E-state index is 13.4. The first-order valence-corrected chi connectivity index (χ1v) is 10.5. The Morgan fingerprint density at radius 2 is 1.78 bits per heavy atom. The van der Waals surface area contributed by atoms with E-state index in [1.165, 1.54) is 0 Å². The maximum Gasteiger partial charge on any atom is 0.257 e. The minimum atomic E-state index is -0.489. The summed E-state index contributed by atoms with van der Waals surface area (Å²) in [6.07, 6.45) is 1.63. The molecule has 1 atom stereocenters. The van der Waals surface area contributed by atoms with Gasteiger partial charge in [-0.1, -0.05) is 60.1 Å². The molecule has 0 saturated heterocycles. The van der Waals surface area contributed by atoms with E-state index in [1.807, 2.05) is 55.5 Å². The van der Waals surface area contributed by atoms with Gasteiger partial charge >= 0.3 is 0 Å². The van der Waals surface area contributed by atoms with Gasteiger partial charge in [-0.05, 0) is 36.8 Å². The van der Waals surface area contributed by atoms with Crippen molar-refractivity contribution in [2.24, 2.45) is 0 Å². The number of halogens is 1. The van der Waals surface area contributed by atoms with Gasteiger partial charge in [0.2, 0.25) is 5.95 Å². The van der Waals surface area contributed by atoms with Crippen molar-refractivity contribution < 1.29 is 4.79 Å². The van der Waals surface area contributed by atoms with Gasteiger partial charge in [0.25, 0.3) is 5.91 Å². The summed E-state index contributed by atoms with van der Waals surface area (Å²) in [5.74, 6) is 1.35. The number of nitrogens with one attached hydrogen (secondary N) is 2. The van der Waals surface area contributed by atoms with Crippen LogP contribution in [-0.4, -0.2) is 25.7 Å². The van der Waals surface area contributed by atoms with Crippen molar-refractivity contribution in [3.63, 3.8) is 0 Å². The van der Waals surface area contributed by atoms with Gasteiger partial charge in [-0.2, -0.15) is 4.98 Å². The van der Waals surface area contributed by atoms with Gasteiger partial charge in [0.1, 0.15) is 11.9 Å². The Hall–Kier alpha value is -3.97. The lowest BCUT2D eigenvalue weighted by molar-refractivity contribution is -0.113. The van der Waals surface area contributed by atoms with Gasteiger partial charge in [0.15, 0.2) is 5.82 Å². The van der Waals surface area contributed by atoms with Crippen molar-refractivity contribution in [2.45, 2.75) is 13.0 Å². The fourth-order valence-electron chi connectivity index (χ4n) is 3.73. The lowest BCUT2D eigenvalue weighted by atomic mass is 9.95. The van der Waals surface area contributed by atoms with Crippen LogP contribution in [0.15, 0.2) is 90.3 Å². The van der Waals surface area contributed by atoms with Crippen molar-refractivity contribution >= 4 is 29.3 Å². The second-order valence-electron chi connectivity index (χ2n) is 7.36. The first-order chi connectivity index (χ1) is 15.6. The van der Waals surface area contributed by atoms with Crippen LogP contribution < -0.4 is 10.6 Å². The van der Waals surface area contributed by atoms with E-state index in [2.05, 4.69) is 20.6 Å². The Morgan fingerprint density at radius 3 is 2.50 bits per heavy atom. The molecule has 2 aromatic carbocycles. The van der Waals surface area contributed by atoms with Crippen LogP contribution in [0.1, 0.15) is 18.5 Å². The van der Waals surface area contributed by atoms with E-state index in [-0.39, 0.29) is 5.91 Å². The van der Waals surface area contributed by atoms with Gasteiger partial charge in [-0.3, -0.25) is 4.79 Å². The molecule has 1 aliphatic rings. The van der Waals surface area contributed by atoms with Crippen molar-refractivity contribution in [3.05, 3.63) is 101 Å². The first kappa shape index (κ1) is 20.0. The molecule has 1 amide bonds. The number of anilines is 2. The molecule has 32 heavy (non-hydrogen) atoms. The number of hydrogen-bond acceptors (Lipinski definition) is 5. The highest BCUT2D eigenvalue weighted by molar-refractivity contribution is 6.30. The molecule has 0 fully saturated rings. The molecule has 0 spiro atoms. The van der Waals surface area contributed by atoms with E-state index in [4.69, 9.17) is 16.7 Å². The summed E-state index contributed by atoms with van der Waals surface area (Å²) in [4.78, 5) is 22.3.